The molecule has 2 aromatic carbocycles. The second kappa shape index (κ2) is 19.7. The molecule has 0 saturated carbocycles. The number of nitrogens with zero attached hydrogens (tertiary/aromatic N) is 3. The smallest absolute Gasteiger partial charge is 0.312 e. The van der Waals surface area contributed by atoms with Crippen LogP contribution in [0.15, 0.2) is 41.2 Å². The van der Waals surface area contributed by atoms with Crippen molar-refractivity contribution in [2.24, 2.45) is 28.8 Å². The van der Waals surface area contributed by atoms with Gasteiger partial charge in [0.05, 0.1) is 53.0 Å². The Morgan fingerprint density at radius 2 is 1.60 bits per heavy atom. The predicted octanol–water partition coefficient (Wildman–Crippen LogP) is 3.95. The average molecular weight is 846 g/mol. The number of anilines is 1. The number of phenols is 3. The van der Waals surface area contributed by atoms with Crippen molar-refractivity contribution in [3.63, 3.8) is 0 Å². The summed E-state index contributed by atoms with van der Waals surface area (Å²) in [6, 6.07) is 0. The number of hydrazone groups is 1. The van der Waals surface area contributed by atoms with Crippen molar-refractivity contribution in [3.8, 4) is 23.0 Å². The van der Waals surface area contributed by atoms with Gasteiger partial charge in [-0.05, 0) is 27.0 Å². The van der Waals surface area contributed by atoms with Gasteiger partial charge in [0, 0.05) is 117 Å². The minimum atomic E-state index is -2.04. The number of likely N-dealkylation sites (N-methyl/N-ethyl adjacent to an activating group) is 1. The number of hydrogen-bond acceptors (Lipinski definition) is 15. The number of nitrogens with one attached hydrogen (secondary N) is 1. The van der Waals surface area contributed by atoms with E-state index in [1.54, 1.807) is 44.9 Å². The summed E-state index contributed by atoms with van der Waals surface area (Å²) in [4.78, 5) is 42.6. The first-order valence-electron chi connectivity index (χ1n) is 19.8. The van der Waals surface area contributed by atoms with Crippen molar-refractivity contribution in [2.75, 3.05) is 45.7 Å². The number of carbonyl (C=O) groups excluding carboxylic acids is 3. The van der Waals surface area contributed by atoms with Crippen LogP contribution in [-0.4, -0.2) is 159 Å². The summed E-state index contributed by atoms with van der Waals surface area (Å²) in [7, 11) is 3.42. The number of aromatic hydroxyl groups is 3. The largest absolute Gasteiger partial charge is 0.507 e. The maximum atomic E-state index is 14.4. The second-order valence-corrected chi connectivity index (χ2v) is 16.1. The topological polar surface area (TPSA) is 220 Å². The SMILES string of the molecule is CO[C@H]1/C=C/O[C@@]2(C)Oc3c(C)c(O)c4c(O)c(c(/C=N\N5CCN(C)CC5)c(O)c4c3C2=O)NC(=O)/C(C)=C\C=C\[C@H](C)[C@H](O)[C@@H](C)[C@@H](O)[C@@H](C)[C@H](OC(C)=O)[C@@H]1C.[Na]. The number of rotatable bonds is 4. The molecule has 0 unspecified atom stereocenters. The number of allylic oxidation sites excluding steroid dienone is 2. The summed E-state index contributed by atoms with van der Waals surface area (Å²) in [5.41, 5.74) is -0.350. The maximum absolute atomic E-state index is 14.4. The number of ether oxygens (including phenoxy) is 4. The summed E-state index contributed by atoms with van der Waals surface area (Å²) >= 11 is 0. The van der Waals surface area contributed by atoms with Crippen LogP contribution in [0.2, 0.25) is 0 Å². The molecule has 6 N–H and O–H groups in total. The van der Waals surface area contributed by atoms with Gasteiger partial charge in [-0.15, -0.1) is 0 Å². The van der Waals surface area contributed by atoms with Crippen molar-refractivity contribution in [2.45, 2.75) is 85.6 Å². The number of esters is 1. The van der Waals surface area contributed by atoms with Crippen LogP contribution in [0.25, 0.3) is 10.8 Å². The van der Waals surface area contributed by atoms with Gasteiger partial charge in [-0.25, -0.2) is 0 Å². The fourth-order valence-electron chi connectivity index (χ4n) is 7.92. The van der Waals surface area contributed by atoms with Crippen LogP contribution >= 0.6 is 0 Å². The Bertz CT molecular complexity index is 2080. The Morgan fingerprint density at radius 1 is 0.950 bits per heavy atom. The molecule has 1 radical (unpaired) electrons. The number of Topliss-reactive ketones (excluding diaryl/α,β-unsaturated/α-hetero) is 1. The van der Waals surface area contributed by atoms with Crippen molar-refractivity contribution in [1.82, 2.24) is 9.91 Å². The molecule has 323 valence electrons. The fourth-order valence-corrected chi connectivity index (χ4v) is 7.92. The van der Waals surface area contributed by atoms with Gasteiger partial charge in [0.1, 0.15) is 23.4 Å². The van der Waals surface area contributed by atoms with E-state index in [0.29, 0.717) is 13.1 Å². The first-order valence-corrected chi connectivity index (χ1v) is 19.8. The van der Waals surface area contributed by atoms with Crippen molar-refractivity contribution in [3.05, 3.63) is 52.8 Å². The normalized spacial score (nSPS) is 31.5. The molecule has 17 heteroatoms. The molecular weight excluding hydrogens is 787 g/mol. The van der Waals surface area contributed by atoms with Gasteiger partial charge in [-0.1, -0.05) is 45.9 Å². The standard InChI is InChI=1S/C43H58N4O12.Na/c1-21-12-11-13-22(2)42(55)45-33-28(20-44-47-17-15-46(9)16-18-47)37(52)30-31(38(33)53)36(51)26(6)40-32(30)41(54)43(8,59-40)57-19-14-29(56-10)23(3)39(58-27(7)48)25(5)35(50)24(4)34(21)49;/h11-14,19-21,23-25,29,34-35,39,49-53H,15-18H2,1-10H3,(H,45,55);/b12-11+,19-14+,22-13-,44-20-;/t21-,23+,24+,25+,29-,34-,35+,39+,43-;/m0./s1. The number of fused-ring (bicyclic) bond motifs is 14. The van der Waals surface area contributed by atoms with Crippen LogP contribution in [0.3, 0.4) is 0 Å². The molecule has 1 amide bonds. The molecule has 4 heterocycles. The van der Waals surface area contributed by atoms with Crippen LogP contribution in [0.1, 0.15) is 70.0 Å². The van der Waals surface area contributed by atoms with Crippen LogP contribution in [0.5, 0.6) is 23.0 Å². The van der Waals surface area contributed by atoms with E-state index in [9.17, 15) is 39.9 Å². The average Bonchev–Trinajstić information content (AvgIpc) is 3.46. The van der Waals surface area contributed by atoms with E-state index in [1.165, 1.54) is 59.4 Å². The van der Waals surface area contributed by atoms with Crippen molar-refractivity contribution in [1.29, 1.82) is 0 Å². The number of piperazine rings is 1. The number of aliphatic hydroxyl groups excluding tert-OH is 2. The zero-order chi connectivity index (χ0) is 43.7. The number of hydrogen-bond donors (Lipinski definition) is 6. The second-order valence-electron chi connectivity index (χ2n) is 16.1. The molecule has 0 aromatic heterocycles. The predicted molar refractivity (Wildman–Crippen MR) is 226 cm³/mol. The Hall–Kier alpha value is -4.16. The molecule has 4 aliphatic rings. The fraction of sp³-hybridized carbons (Fsp3) is 0.535. The summed E-state index contributed by atoms with van der Waals surface area (Å²) < 4.78 is 23.6. The summed E-state index contributed by atoms with van der Waals surface area (Å²) in [5, 5.41) is 66.8. The van der Waals surface area contributed by atoms with E-state index in [0.717, 1.165) is 13.1 Å². The molecule has 1 saturated heterocycles. The molecule has 9 atom stereocenters. The number of phenolic OH excluding ortho intramolecular Hbond substituents is 3. The van der Waals surface area contributed by atoms with Gasteiger partial charge < -0.3 is 54.7 Å². The Morgan fingerprint density at radius 3 is 2.22 bits per heavy atom. The van der Waals surface area contributed by atoms with Gasteiger partial charge in [0.15, 0.2) is 5.75 Å². The molecule has 6 rings (SSSR count). The van der Waals surface area contributed by atoms with Crippen LogP contribution in [0.4, 0.5) is 5.69 Å². The van der Waals surface area contributed by atoms with E-state index in [2.05, 4.69) is 15.3 Å². The molecule has 5 bridgehead atoms. The van der Waals surface area contributed by atoms with Crippen LogP contribution in [-0.2, 0) is 23.8 Å². The Labute approximate surface area is 372 Å². The van der Waals surface area contributed by atoms with Gasteiger partial charge in [0.2, 0.25) is 0 Å². The minimum absolute atomic E-state index is 0. The number of aliphatic hydroxyl groups is 2. The zero-order valence-electron chi connectivity index (χ0n) is 36.3. The number of methoxy groups -OCH3 is 1. The third-order valence-electron chi connectivity index (χ3n) is 11.9. The summed E-state index contributed by atoms with van der Waals surface area (Å²) in [6.07, 6.45) is 4.86. The number of ketones is 1. The molecule has 16 nitrogen and oxygen atoms in total. The summed E-state index contributed by atoms with van der Waals surface area (Å²) in [6.45, 7) is 15.1. The van der Waals surface area contributed by atoms with Crippen molar-refractivity contribution < 1.29 is 58.9 Å². The van der Waals surface area contributed by atoms with Crippen LogP contribution < -0.4 is 10.1 Å². The van der Waals surface area contributed by atoms with E-state index in [-0.39, 0.29) is 74.0 Å². The van der Waals surface area contributed by atoms with E-state index >= 15 is 0 Å². The zero-order valence-corrected chi connectivity index (χ0v) is 38.3. The van der Waals surface area contributed by atoms with Gasteiger partial charge in [-0.2, -0.15) is 5.10 Å². The molecule has 0 spiro atoms. The third kappa shape index (κ3) is 9.65. The molecular formula is C43H58N4NaO12. The van der Waals surface area contributed by atoms with E-state index < -0.39 is 88.8 Å². The third-order valence-corrected chi connectivity index (χ3v) is 11.9. The van der Waals surface area contributed by atoms with E-state index in [1.807, 2.05) is 7.05 Å². The molecule has 1 fully saturated rings. The van der Waals surface area contributed by atoms with Gasteiger partial charge in [0.25, 0.3) is 11.7 Å². The molecule has 4 aliphatic heterocycles. The number of benzene rings is 2. The summed E-state index contributed by atoms with van der Waals surface area (Å²) in [5.74, 6) is -8.34. The maximum Gasteiger partial charge on any atom is 0.312 e. The minimum Gasteiger partial charge on any atom is -0.507 e. The molecule has 2 aromatic rings. The Balaban J connectivity index is 0.00000794. The van der Waals surface area contributed by atoms with Crippen molar-refractivity contribution >= 4 is 69.9 Å². The van der Waals surface area contributed by atoms with Crippen LogP contribution in [0, 0.1) is 30.6 Å². The Kier molecular flexibility index (Phi) is 15.9. The monoisotopic (exact) mass is 845 g/mol. The quantitative estimate of drug-likeness (QED) is 0.0845. The number of amides is 1. The number of carbonyl (C=O) groups is 3. The molecule has 0 aliphatic carbocycles. The first-order chi connectivity index (χ1) is 27.7. The molecule has 60 heavy (non-hydrogen) atoms. The van der Waals surface area contributed by atoms with E-state index in [4.69, 9.17) is 18.9 Å². The van der Waals surface area contributed by atoms with Gasteiger partial charge in [-0.3, -0.25) is 19.4 Å². The van der Waals surface area contributed by atoms with Gasteiger partial charge >= 0.3 is 11.8 Å². The first kappa shape index (κ1) is 48.5.